The molecule has 0 aromatic carbocycles. The molecule has 0 aliphatic carbocycles. The maximum Gasteiger partial charge on any atom is 0.0745 e. The number of aliphatic hydroxyl groups excluding tert-OH is 4. The van der Waals surface area contributed by atoms with E-state index in [0.29, 0.717) is 52.9 Å². The highest BCUT2D eigenvalue weighted by Crippen LogP contribution is 1.83. The molecule has 23 heavy (non-hydrogen) atoms. The van der Waals surface area contributed by atoms with Gasteiger partial charge in [0.15, 0.2) is 0 Å². The summed E-state index contributed by atoms with van der Waals surface area (Å²) in [5.74, 6) is 0. The van der Waals surface area contributed by atoms with Crippen LogP contribution in [0.5, 0.6) is 0 Å². The maximum absolute atomic E-state index is 8.75. The minimum atomic E-state index is -0.423. The third-order valence-corrected chi connectivity index (χ3v) is 1.93. The van der Waals surface area contributed by atoms with E-state index in [1.807, 2.05) is 0 Å². The summed E-state index contributed by atoms with van der Waals surface area (Å²) in [5, 5.41) is 34.1. The fourth-order valence-electron chi connectivity index (χ4n) is 1.08. The monoisotopic (exact) mass is 345 g/mol. The van der Waals surface area contributed by atoms with Crippen molar-refractivity contribution in [1.29, 1.82) is 0 Å². The second kappa shape index (κ2) is 23.9. The first-order valence-electron chi connectivity index (χ1n) is 7.43. The second-order valence-electron chi connectivity index (χ2n) is 4.52. The Kier molecular flexibility index (Phi) is 28.6. The maximum atomic E-state index is 8.75. The molecule has 0 aliphatic rings. The molecule has 0 heterocycles. The van der Waals surface area contributed by atoms with E-state index in [1.165, 1.54) is 0 Å². The van der Waals surface area contributed by atoms with Gasteiger partial charge in [0.25, 0.3) is 0 Å². The molecule has 0 aromatic heterocycles. The molecule has 0 bridgehead atoms. The second-order valence-corrected chi connectivity index (χ2v) is 4.52. The van der Waals surface area contributed by atoms with Crippen LogP contribution in [0.1, 0.15) is 13.8 Å². The Bertz CT molecular complexity index is 176. The van der Waals surface area contributed by atoms with E-state index in [9.17, 15) is 0 Å². The van der Waals surface area contributed by atoms with Crippen LogP contribution in [0.4, 0.5) is 0 Å². The highest BCUT2D eigenvalue weighted by Gasteiger charge is 1.94. The Labute approximate surface area is 138 Å². The first-order valence-corrected chi connectivity index (χ1v) is 7.43. The van der Waals surface area contributed by atoms with Gasteiger partial charge in [0.05, 0.1) is 78.3 Å². The molecule has 9 nitrogen and oxygen atoms in total. The topological polar surface area (TPSA) is 153 Å². The van der Waals surface area contributed by atoms with E-state index in [0.717, 1.165) is 0 Å². The molecular weight excluding hydrogens is 310 g/mol. The van der Waals surface area contributed by atoms with Crippen LogP contribution in [0.2, 0.25) is 0 Å². The largest absolute Gasteiger partial charge is 0.394 e. The van der Waals surface area contributed by atoms with Crippen molar-refractivity contribution in [2.45, 2.75) is 26.1 Å². The normalized spacial score (nSPS) is 12.8. The highest BCUT2D eigenvalue weighted by atomic mass is 16.5. The predicted molar refractivity (Wildman–Crippen MR) is 85.8 cm³/mol. The van der Waals surface area contributed by atoms with E-state index in [4.69, 9.17) is 39.4 Å². The summed E-state index contributed by atoms with van der Waals surface area (Å²) in [6, 6.07) is 0. The Morgan fingerprint density at radius 2 is 0.913 bits per heavy atom. The van der Waals surface area contributed by atoms with Crippen molar-refractivity contribution in [2.75, 3.05) is 66.1 Å². The first-order chi connectivity index (χ1) is 10.5. The minimum Gasteiger partial charge on any atom is -0.394 e. The number of rotatable bonds is 14. The van der Waals surface area contributed by atoms with Crippen molar-refractivity contribution in [2.24, 2.45) is 0 Å². The molecule has 9 heteroatoms. The smallest absolute Gasteiger partial charge is 0.0745 e. The fourth-order valence-corrected chi connectivity index (χ4v) is 1.08. The molecule has 0 fully saturated rings. The van der Waals surface area contributed by atoms with E-state index in [-0.39, 0.29) is 19.4 Å². The van der Waals surface area contributed by atoms with Crippen molar-refractivity contribution in [3.8, 4) is 0 Å². The van der Waals surface area contributed by atoms with Gasteiger partial charge in [-0.15, -0.1) is 0 Å². The van der Waals surface area contributed by atoms with Crippen molar-refractivity contribution in [3.05, 3.63) is 0 Å². The third-order valence-electron chi connectivity index (χ3n) is 1.93. The van der Waals surface area contributed by atoms with Gasteiger partial charge >= 0.3 is 0 Å². The van der Waals surface area contributed by atoms with Crippen LogP contribution in [0.25, 0.3) is 0 Å². The van der Waals surface area contributed by atoms with E-state index in [1.54, 1.807) is 13.8 Å². The molecule has 0 aromatic rings. The predicted octanol–water partition coefficient (Wildman–Crippen LogP) is -1.05. The van der Waals surface area contributed by atoms with Crippen molar-refractivity contribution in [1.82, 2.24) is 6.15 Å². The van der Waals surface area contributed by atoms with Gasteiger partial charge in [-0.05, 0) is 13.8 Å². The van der Waals surface area contributed by atoms with Crippen molar-refractivity contribution in [3.63, 3.8) is 0 Å². The standard InChI is InChI=1S/2C7H16O4.H3N/c2*1-7(9)6-11-5-4-10-3-2-8;/h2*7-9H,2-6H2,1H3;1H3. The molecule has 0 amide bonds. The summed E-state index contributed by atoms with van der Waals surface area (Å²) < 4.78 is 19.8. The lowest BCUT2D eigenvalue weighted by atomic mass is 10.4. The molecule has 2 atom stereocenters. The summed E-state index contributed by atoms with van der Waals surface area (Å²) in [4.78, 5) is 0. The molecule has 0 saturated heterocycles. The lowest BCUT2D eigenvalue weighted by Gasteiger charge is -2.05. The van der Waals surface area contributed by atoms with E-state index < -0.39 is 12.2 Å². The molecule has 0 radical (unpaired) electrons. The number of aliphatic hydroxyl groups is 4. The Morgan fingerprint density at radius 1 is 0.609 bits per heavy atom. The Hall–Kier alpha value is -0.360. The van der Waals surface area contributed by atoms with Gasteiger partial charge in [-0.2, -0.15) is 0 Å². The van der Waals surface area contributed by atoms with Gasteiger partial charge in [-0.3, -0.25) is 0 Å². The van der Waals surface area contributed by atoms with Gasteiger partial charge in [0.2, 0.25) is 0 Å². The average molecular weight is 345 g/mol. The number of ether oxygens (including phenoxy) is 4. The quantitative estimate of drug-likeness (QED) is 0.248. The summed E-state index contributed by atoms with van der Waals surface area (Å²) in [5.41, 5.74) is 0. The van der Waals surface area contributed by atoms with Crippen LogP contribution < -0.4 is 6.15 Å². The highest BCUT2D eigenvalue weighted by molar-refractivity contribution is 4.41. The summed E-state index contributed by atoms with van der Waals surface area (Å²) >= 11 is 0. The van der Waals surface area contributed by atoms with Gasteiger partial charge in [-0.25, -0.2) is 0 Å². The Balaban J connectivity index is -0.000000333. The molecule has 0 rings (SSSR count). The molecule has 2 unspecified atom stereocenters. The van der Waals surface area contributed by atoms with Crippen molar-refractivity contribution < 1.29 is 39.4 Å². The lowest BCUT2D eigenvalue weighted by molar-refractivity contribution is 0.00290. The summed E-state index contributed by atoms with van der Waals surface area (Å²) in [7, 11) is 0. The lowest BCUT2D eigenvalue weighted by Crippen LogP contribution is -2.14. The zero-order chi connectivity index (χ0) is 17.1. The van der Waals surface area contributed by atoms with Crippen LogP contribution in [0, 0.1) is 0 Å². The molecule has 0 aliphatic heterocycles. The molecule has 0 spiro atoms. The van der Waals surface area contributed by atoms with Crippen LogP contribution in [-0.4, -0.2) is 98.7 Å². The van der Waals surface area contributed by atoms with Gasteiger partial charge in [-0.1, -0.05) is 0 Å². The summed E-state index contributed by atoms with van der Waals surface area (Å²) in [6.07, 6.45) is -0.847. The number of hydrogen-bond donors (Lipinski definition) is 5. The third kappa shape index (κ3) is 34.1. The van der Waals surface area contributed by atoms with Crippen molar-refractivity contribution >= 4 is 0 Å². The average Bonchev–Trinajstić information content (AvgIpc) is 2.46. The molecule has 144 valence electrons. The molecule has 0 saturated carbocycles. The molecule has 7 N–H and O–H groups in total. The minimum absolute atomic E-state index is 0. The number of hydrogen-bond acceptors (Lipinski definition) is 9. The van der Waals surface area contributed by atoms with Crippen LogP contribution >= 0.6 is 0 Å². The zero-order valence-electron chi connectivity index (χ0n) is 14.4. The first kappa shape index (κ1) is 27.5. The van der Waals surface area contributed by atoms with Crippen LogP contribution in [0.15, 0.2) is 0 Å². The van der Waals surface area contributed by atoms with Gasteiger partial charge in [0.1, 0.15) is 0 Å². The van der Waals surface area contributed by atoms with Gasteiger partial charge in [0, 0.05) is 0 Å². The fraction of sp³-hybridized carbons (Fsp3) is 1.00. The van der Waals surface area contributed by atoms with Crippen LogP contribution in [-0.2, 0) is 18.9 Å². The Morgan fingerprint density at radius 3 is 1.17 bits per heavy atom. The summed E-state index contributed by atoms with van der Waals surface area (Å²) in [6.45, 7) is 6.62. The molecular formula is C14H35NO8. The zero-order valence-corrected chi connectivity index (χ0v) is 14.4. The van der Waals surface area contributed by atoms with E-state index >= 15 is 0 Å². The van der Waals surface area contributed by atoms with Gasteiger partial charge < -0.3 is 45.5 Å². The van der Waals surface area contributed by atoms with E-state index in [2.05, 4.69) is 0 Å². The van der Waals surface area contributed by atoms with Crippen LogP contribution in [0.3, 0.4) is 0 Å². The SMILES string of the molecule is CC(O)COCCOCCO.CC(O)COCCOCCO.N.